The van der Waals surface area contributed by atoms with Crippen molar-refractivity contribution in [3.8, 4) is 11.5 Å². The molecule has 2 aromatic rings. The van der Waals surface area contributed by atoms with Crippen molar-refractivity contribution in [3.63, 3.8) is 0 Å². The summed E-state index contributed by atoms with van der Waals surface area (Å²) in [5.41, 5.74) is 8.68. The van der Waals surface area contributed by atoms with Gasteiger partial charge in [0.05, 0.1) is 10.7 Å². The van der Waals surface area contributed by atoms with Gasteiger partial charge >= 0.3 is 0 Å². The van der Waals surface area contributed by atoms with E-state index >= 15 is 0 Å². The van der Waals surface area contributed by atoms with Crippen molar-refractivity contribution in [3.05, 3.63) is 52.5 Å². The summed E-state index contributed by atoms with van der Waals surface area (Å²) in [5.74, 6) is 1.36. The van der Waals surface area contributed by atoms with Gasteiger partial charge < -0.3 is 15.2 Å². The van der Waals surface area contributed by atoms with Gasteiger partial charge in [-0.05, 0) is 49.2 Å². The summed E-state index contributed by atoms with van der Waals surface area (Å²) in [6.45, 7) is 4.82. The highest BCUT2D eigenvalue weighted by Crippen LogP contribution is 2.25. The molecule has 0 saturated carbocycles. The van der Waals surface area contributed by atoms with Crippen molar-refractivity contribution in [1.82, 2.24) is 0 Å². The summed E-state index contributed by atoms with van der Waals surface area (Å²) < 4.78 is 11.2. The molecule has 0 spiro atoms. The van der Waals surface area contributed by atoms with Crippen LogP contribution in [0.15, 0.2) is 36.4 Å². The molecule has 0 aliphatic heterocycles. The SMILES string of the molecule is Cc1ccc(N)c(OCCOc2cc(C)ccc2Cl)c1. The maximum absolute atomic E-state index is 6.05. The Balaban J connectivity index is 1.87. The molecular formula is C16H18ClNO2. The van der Waals surface area contributed by atoms with Crippen LogP contribution in [0, 0.1) is 13.8 Å². The van der Waals surface area contributed by atoms with Gasteiger partial charge in [0.2, 0.25) is 0 Å². The van der Waals surface area contributed by atoms with E-state index in [-0.39, 0.29) is 0 Å². The normalized spacial score (nSPS) is 10.3. The first kappa shape index (κ1) is 14.5. The standard InChI is InChI=1S/C16H18ClNO2/c1-11-3-5-13(17)15(9-11)19-7-8-20-16-10-12(2)4-6-14(16)18/h3-6,9-10H,7-8,18H2,1-2H3. The third-order valence-corrected chi connectivity index (χ3v) is 3.17. The van der Waals surface area contributed by atoms with Crippen LogP contribution in [0.2, 0.25) is 5.02 Å². The van der Waals surface area contributed by atoms with Crippen LogP contribution in [0.5, 0.6) is 11.5 Å². The van der Waals surface area contributed by atoms with Crippen LogP contribution in [0.3, 0.4) is 0 Å². The van der Waals surface area contributed by atoms with Crippen LogP contribution < -0.4 is 15.2 Å². The maximum atomic E-state index is 6.05. The summed E-state index contributed by atoms with van der Waals surface area (Å²) in [7, 11) is 0. The summed E-state index contributed by atoms with van der Waals surface area (Å²) in [5, 5.41) is 0.602. The van der Waals surface area contributed by atoms with Gasteiger partial charge in [0, 0.05) is 0 Å². The molecule has 0 aliphatic rings. The van der Waals surface area contributed by atoms with E-state index in [2.05, 4.69) is 0 Å². The number of nitrogens with two attached hydrogens (primary N) is 1. The quantitative estimate of drug-likeness (QED) is 0.669. The molecule has 0 atom stereocenters. The van der Waals surface area contributed by atoms with E-state index in [1.54, 1.807) is 0 Å². The Kier molecular flexibility index (Phi) is 4.74. The number of nitrogen functional groups attached to an aromatic ring is 1. The molecule has 0 aliphatic carbocycles. The van der Waals surface area contributed by atoms with Crippen molar-refractivity contribution in [2.45, 2.75) is 13.8 Å². The van der Waals surface area contributed by atoms with Gasteiger partial charge in [0.25, 0.3) is 0 Å². The molecule has 2 aromatic carbocycles. The zero-order valence-corrected chi connectivity index (χ0v) is 12.4. The van der Waals surface area contributed by atoms with Gasteiger partial charge in [0.1, 0.15) is 24.7 Å². The molecule has 2 N–H and O–H groups in total. The van der Waals surface area contributed by atoms with Crippen LogP contribution in [0.1, 0.15) is 11.1 Å². The fourth-order valence-electron chi connectivity index (χ4n) is 1.79. The van der Waals surface area contributed by atoms with E-state index in [1.807, 2.05) is 50.2 Å². The van der Waals surface area contributed by atoms with Crippen LogP contribution in [0.25, 0.3) is 0 Å². The lowest BCUT2D eigenvalue weighted by Gasteiger charge is -2.11. The minimum atomic E-state index is 0.413. The first-order valence-electron chi connectivity index (χ1n) is 6.44. The monoisotopic (exact) mass is 291 g/mol. The van der Waals surface area contributed by atoms with Crippen molar-refractivity contribution < 1.29 is 9.47 Å². The van der Waals surface area contributed by atoms with Gasteiger partial charge in [-0.15, -0.1) is 0 Å². The molecule has 106 valence electrons. The fraction of sp³-hybridized carbons (Fsp3) is 0.250. The zero-order chi connectivity index (χ0) is 14.5. The van der Waals surface area contributed by atoms with Crippen molar-refractivity contribution in [2.75, 3.05) is 18.9 Å². The average Bonchev–Trinajstić information content (AvgIpc) is 2.42. The Hall–Kier alpha value is -1.87. The minimum Gasteiger partial charge on any atom is -0.488 e. The molecule has 0 aromatic heterocycles. The summed E-state index contributed by atoms with van der Waals surface area (Å²) >= 11 is 6.05. The molecular weight excluding hydrogens is 274 g/mol. The molecule has 20 heavy (non-hydrogen) atoms. The van der Waals surface area contributed by atoms with Crippen molar-refractivity contribution in [1.29, 1.82) is 0 Å². The number of hydrogen-bond donors (Lipinski definition) is 1. The van der Waals surface area contributed by atoms with E-state index in [0.29, 0.717) is 35.4 Å². The molecule has 0 radical (unpaired) electrons. The summed E-state index contributed by atoms with van der Waals surface area (Å²) in [4.78, 5) is 0. The Morgan fingerprint density at radius 2 is 1.45 bits per heavy atom. The highest BCUT2D eigenvalue weighted by Gasteiger charge is 2.03. The predicted octanol–water partition coefficient (Wildman–Crippen LogP) is 4.00. The van der Waals surface area contributed by atoms with E-state index < -0.39 is 0 Å². The summed E-state index contributed by atoms with van der Waals surface area (Å²) in [6.07, 6.45) is 0. The number of ether oxygens (including phenoxy) is 2. The molecule has 2 rings (SSSR count). The number of benzene rings is 2. The highest BCUT2D eigenvalue weighted by molar-refractivity contribution is 6.32. The second-order valence-electron chi connectivity index (χ2n) is 4.67. The number of rotatable bonds is 5. The molecule has 0 fully saturated rings. The lowest BCUT2D eigenvalue weighted by atomic mass is 10.2. The maximum Gasteiger partial charge on any atom is 0.142 e. The molecule has 3 nitrogen and oxygen atoms in total. The third-order valence-electron chi connectivity index (χ3n) is 2.85. The van der Waals surface area contributed by atoms with Crippen LogP contribution in [-0.2, 0) is 0 Å². The Morgan fingerprint density at radius 1 is 0.900 bits per heavy atom. The molecule has 0 heterocycles. The third kappa shape index (κ3) is 3.81. The minimum absolute atomic E-state index is 0.413. The molecule has 4 heteroatoms. The predicted molar refractivity (Wildman–Crippen MR) is 82.8 cm³/mol. The lowest BCUT2D eigenvalue weighted by Crippen LogP contribution is -2.10. The first-order valence-corrected chi connectivity index (χ1v) is 6.82. The van der Waals surface area contributed by atoms with Crippen LogP contribution in [-0.4, -0.2) is 13.2 Å². The average molecular weight is 292 g/mol. The first-order chi connectivity index (χ1) is 9.56. The van der Waals surface area contributed by atoms with E-state index in [9.17, 15) is 0 Å². The number of halogens is 1. The van der Waals surface area contributed by atoms with E-state index in [0.717, 1.165) is 11.1 Å². The van der Waals surface area contributed by atoms with Gasteiger partial charge in [-0.3, -0.25) is 0 Å². The molecule has 0 bridgehead atoms. The second kappa shape index (κ2) is 6.53. The summed E-state index contributed by atoms with van der Waals surface area (Å²) in [6, 6.07) is 11.4. The Labute approximate surface area is 124 Å². The Bertz CT molecular complexity index is 546. The van der Waals surface area contributed by atoms with E-state index in [4.69, 9.17) is 26.8 Å². The van der Waals surface area contributed by atoms with Gasteiger partial charge in [-0.1, -0.05) is 23.7 Å². The van der Waals surface area contributed by atoms with Crippen LogP contribution >= 0.6 is 11.6 Å². The second-order valence-corrected chi connectivity index (χ2v) is 5.08. The van der Waals surface area contributed by atoms with Crippen LogP contribution in [0.4, 0.5) is 5.69 Å². The van der Waals surface area contributed by atoms with Gasteiger partial charge in [0.15, 0.2) is 0 Å². The Morgan fingerprint density at radius 3 is 2.15 bits per heavy atom. The largest absolute Gasteiger partial charge is 0.488 e. The number of hydrogen-bond acceptors (Lipinski definition) is 3. The van der Waals surface area contributed by atoms with Gasteiger partial charge in [-0.25, -0.2) is 0 Å². The molecule has 0 amide bonds. The smallest absolute Gasteiger partial charge is 0.142 e. The molecule has 0 saturated heterocycles. The van der Waals surface area contributed by atoms with Crippen molar-refractivity contribution in [2.24, 2.45) is 0 Å². The van der Waals surface area contributed by atoms with Gasteiger partial charge in [-0.2, -0.15) is 0 Å². The lowest BCUT2D eigenvalue weighted by molar-refractivity contribution is 0.218. The molecule has 0 unspecified atom stereocenters. The topological polar surface area (TPSA) is 44.5 Å². The van der Waals surface area contributed by atoms with E-state index in [1.165, 1.54) is 0 Å². The zero-order valence-electron chi connectivity index (χ0n) is 11.7. The van der Waals surface area contributed by atoms with Crippen molar-refractivity contribution >= 4 is 17.3 Å². The number of aryl methyl sites for hydroxylation is 2. The fourth-order valence-corrected chi connectivity index (χ4v) is 1.96. The number of anilines is 1. The highest BCUT2D eigenvalue weighted by atomic mass is 35.5.